The van der Waals surface area contributed by atoms with Gasteiger partial charge in [0, 0.05) is 12.4 Å². The molecule has 1 saturated heterocycles. The van der Waals surface area contributed by atoms with E-state index in [1.54, 1.807) is 23.5 Å². The second-order valence-corrected chi connectivity index (χ2v) is 8.40. The minimum absolute atomic E-state index is 0.142. The Morgan fingerprint density at radius 1 is 1.21 bits per heavy atom. The lowest BCUT2D eigenvalue weighted by Crippen LogP contribution is -2.17. The fourth-order valence-electron chi connectivity index (χ4n) is 3.08. The lowest BCUT2D eigenvalue weighted by molar-refractivity contribution is -0.274. The number of thiophene rings is 1. The lowest BCUT2D eigenvalue weighted by Gasteiger charge is -2.14. The molecule has 0 amide bonds. The molecule has 0 aliphatic carbocycles. The average Bonchev–Trinajstić information content (AvgIpc) is 3.43. The summed E-state index contributed by atoms with van der Waals surface area (Å²) < 4.78 is 48.6. The van der Waals surface area contributed by atoms with Crippen LogP contribution in [0.1, 0.15) is 18.4 Å². The Balaban J connectivity index is 1.48. The number of nitrogens with zero attached hydrogens (tertiary/aromatic N) is 3. The van der Waals surface area contributed by atoms with Crippen LogP contribution >= 0.6 is 23.1 Å². The van der Waals surface area contributed by atoms with Crippen LogP contribution in [0.5, 0.6) is 5.75 Å². The third-order valence-electron chi connectivity index (χ3n) is 4.39. The van der Waals surface area contributed by atoms with E-state index in [0.29, 0.717) is 12.3 Å². The zero-order valence-electron chi connectivity index (χ0n) is 15.3. The van der Waals surface area contributed by atoms with Crippen molar-refractivity contribution in [3.8, 4) is 16.5 Å². The summed E-state index contributed by atoms with van der Waals surface area (Å²) in [5.41, 5.74) is 0.869. The van der Waals surface area contributed by atoms with E-state index in [2.05, 4.69) is 19.5 Å². The van der Waals surface area contributed by atoms with Gasteiger partial charge in [-0.2, -0.15) is 0 Å². The fraction of sp³-hybridized carbons (Fsp3) is 0.368. The molecule has 1 aromatic carbocycles. The summed E-state index contributed by atoms with van der Waals surface area (Å²) in [6, 6.07) is 9.86. The summed E-state index contributed by atoms with van der Waals surface area (Å²) in [6.07, 6.45) is -2.49. The topological polar surface area (TPSA) is 49.2 Å². The van der Waals surface area contributed by atoms with E-state index < -0.39 is 6.36 Å². The highest BCUT2D eigenvalue weighted by molar-refractivity contribution is 7.98. The number of alkyl halides is 3. The Labute approximate surface area is 173 Å². The van der Waals surface area contributed by atoms with E-state index in [-0.39, 0.29) is 11.9 Å². The minimum Gasteiger partial charge on any atom is -0.406 e. The first-order valence-electron chi connectivity index (χ1n) is 9.04. The van der Waals surface area contributed by atoms with Gasteiger partial charge in [0.1, 0.15) is 5.75 Å². The van der Waals surface area contributed by atoms with Gasteiger partial charge in [0.2, 0.25) is 0 Å². The predicted molar refractivity (Wildman–Crippen MR) is 105 cm³/mol. The van der Waals surface area contributed by atoms with Crippen molar-refractivity contribution < 1.29 is 22.6 Å². The second kappa shape index (κ2) is 8.76. The van der Waals surface area contributed by atoms with Crippen molar-refractivity contribution in [3.05, 3.63) is 47.3 Å². The van der Waals surface area contributed by atoms with E-state index in [1.807, 2.05) is 17.5 Å². The van der Waals surface area contributed by atoms with Crippen LogP contribution in [0.25, 0.3) is 10.7 Å². The van der Waals surface area contributed by atoms with Gasteiger partial charge < -0.3 is 9.47 Å². The van der Waals surface area contributed by atoms with E-state index in [9.17, 15) is 13.2 Å². The normalized spacial score (nSPS) is 17.0. The molecule has 1 atom stereocenters. The Bertz CT molecular complexity index is 921. The smallest absolute Gasteiger partial charge is 0.406 e. The Hall–Kier alpha value is -2.04. The van der Waals surface area contributed by atoms with Crippen molar-refractivity contribution >= 4 is 23.1 Å². The fourth-order valence-corrected chi connectivity index (χ4v) is 4.70. The summed E-state index contributed by atoms with van der Waals surface area (Å²) >= 11 is 3.10. The van der Waals surface area contributed by atoms with Gasteiger partial charge >= 0.3 is 6.36 Å². The maximum Gasteiger partial charge on any atom is 0.573 e. The summed E-state index contributed by atoms with van der Waals surface area (Å²) in [5.74, 6) is 1.14. The molecule has 154 valence electrons. The first-order valence-corrected chi connectivity index (χ1v) is 10.9. The van der Waals surface area contributed by atoms with Crippen molar-refractivity contribution in [3.63, 3.8) is 0 Å². The molecular weight excluding hydrogens is 423 g/mol. The molecule has 10 heteroatoms. The van der Waals surface area contributed by atoms with Gasteiger partial charge in [-0.3, -0.25) is 4.57 Å². The quantitative estimate of drug-likeness (QED) is 0.461. The van der Waals surface area contributed by atoms with Gasteiger partial charge in [0.05, 0.1) is 17.5 Å². The van der Waals surface area contributed by atoms with Crippen molar-refractivity contribution in [2.75, 3.05) is 6.61 Å². The van der Waals surface area contributed by atoms with Crippen LogP contribution in [-0.4, -0.2) is 33.8 Å². The third-order valence-corrected chi connectivity index (χ3v) is 6.30. The Kier molecular flexibility index (Phi) is 6.12. The van der Waals surface area contributed by atoms with Crippen LogP contribution in [0.4, 0.5) is 13.2 Å². The number of ether oxygens (including phenoxy) is 2. The van der Waals surface area contributed by atoms with E-state index in [0.717, 1.165) is 40.9 Å². The number of hydrogen-bond donors (Lipinski definition) is 0. The molecule has 1 aliphatic rings. The lowest BCUT2D eigenvalue weighted by atomic mass is 10.2. The van der Waals surface area contributed by atoms with E-state index in [4.69, 9.17) is 4.74 Å². The molecule has 4 rings (SSSR count). The highest BCUT2D eigenvalue weighted by Gasteiger charge is 2.31. The maximum atomic E-state index is 12.3. The van der Waals surface area contributed by atoms with Crippen LogP contribution in [0.2, 0.25) is 0 Å². The van der Waals surface area contributed by atoms with Crippen LogP contribution in [0.15, 0.2) is 46.9 Å². The van der Waals surface area contributed by atoms with E-state index >= 15 is 0 Å². The highest BCUT2D eigenvalue weighted by Crippen LogP contribution is 2.31. The molecule has 1 unspecified atom stereocenters. The third kappa shape index (κ3) is 5.31. The molecule has 5 nitrogen and oxygen atoms in total. The van der Waals surface area contributed by atoms with Gasteiger partial charge in [0.25, 0.3) is 0 Å². The maximum absolute atomic E-state index is 12.3. The largest absolute Gasteiger partial charge is 0.573 e. The first kappa shape index (κ1) is 20.2. The molecule has 2 aromatic heterocycles. The van der Waals surface area contributed by atoms with Crippen molar-refractivity contribution in [1.29, 1.82) is 0 Å². The zero-order valence-corrected chi connectivity index (χ0v) is 16.9. The average molecular weight is 442 g/mol. The molecule has 1 aliphatic heterocycles. The Morgan fingerprint density at radius 3 is 2.69 bits per heavy atom. The molecular formula is C19H18F3N3O2S2. The molecule has 29 heavy (non-hydrogen) atoms. The number of aromatic nitrogens is 3. The first-order chi connectivity index (χ1) is 14.0. The van der Waals surface area contributed by atoms with Crippen molar-refractivity contribution in [2.24, 2.45) is 0 Å². The molecule has 0 spiro atoms. The van der Waals surface area contributed by atoms with Crippen LogP contribution in [-0.2, 0) is 17.0 Å². The van der Waals surface area contributed by atoms with Gasteiger partial charge in [0.15, 0.2) is 11.0 Å². The number of halogens is 3. The number of thioether (sulfide) groups is 1. The second-order valence-electron chi connectivity index (χ2n) is 6.51. The van der Waals surface area contributed by atoms with Gasteiger partial charge in [-0.1, -0.05) is 30.0 Å². The number of hydrogen-bond acceptors (Lipinski definition) is 6. The molecule has 0 radical (unpaired) electrons. The number of rotatable bonds is 7. The molecule has 0 bridgehead atoms. The number of benzene rings is 1. The summed E-state index contributed by atoms with van der Waals surface area (Å²) in [4.78, 5) is 1.04. The van der Waals surface area contributed by atoms with Crippen LogP contribution < -0.4 is 4.74 Å². The van der Waals surface area contributed by atoms with E-state index in [1.165, 1.54) is 23.9 Å². The van der Waals surface area contributed by atoms with Crippen LogP contribution in [0, 0.1) is 0 Å². The Morgan fingerprint density at radius 2 is 2.03 bits per heavy atom. The SMILES string of the molecule is FC(F)(F)Oc1ccc(CSc2nnc(-c3cccs3)n2CC2CCCO2)cc1. The van der Waals surface area contributed by atoms with Gasteiger partial charge in [-0.05, 0) is 42.0 Å². The van der Waals surface area contributed by atoms with Gasteiger partial charge in [-0.15, -0.1) is 34.7 Å². The monoisotopic (exact) mass is 441 g/mol. The highest BCUT2D eigenvalue weighted by atomic mass is 32.2. The standard InChI is InChI=1S/C19H18F3N3O2S2/c20-19(21,22)27-14-7-5-13(6-8-14)12-29-18-24-23-17(16-4-2-10-28-16)25(18)11-15-3-1-9-26-15/h2,4-8,10,15H,1,3,9,11-12H2. The molecule has 0 N–H and O–H groups in total. The molecule has 3 aromatic rings. The summed E-state index contributed by atoms with van der Waals surface area (Å²) in [5, 5.41) is 11.5. The minimum atomic E-state index is -4.69. The summed E-state index contributed by atoms with van der Waals surface area (Å²) in [6.45, 7) is 1.46. The van der Waals surface area contributed by atoms with Gasteiger partial charge in [-0.25, -0.2) is 0 Å². The van der Waals surface area contributed by atoms with Crippen molar-refractivity contribution in [2.45, 2.75) is 42.8 Å². The molecule has 1 fully saturated rings. The zero-order chi connectivity index (χ0) is 20.3. The van der Waals surface area contributed by atoms with Crippen LogP contribution in [0.3, 0.4) is 0 Å². The predicted octanol–water partition coefficient (Wildman–Crippen LogP) is 5.38. The van der Waals surface area contributed by atoms with Crippen molar-refractivity contribution in [1.82, 2.24) is 14.8 Å². The molecule has 3 heterocycles. The summed E-state index contributed by atoms with van der Waals surface area (Å²) in [7, 11) is 0. The molecule has 0 saturated carbocycles.